The van der Waals surface area contributed by atoms with Crippen molar-refractivity contribution in [3.05, 3.63) is 96.1 Å². The van der Waals surface area contributed by atoms with Gasteiger partial charge in [0.05, 0.1) is 35.9 Å². The molecule has 282 valence electrons. The van der Waals surface area contributed by atoms with Gasteiger partial charge in [-0.15, -0.1) is 0 Å². The molecule has 0 fully saturated rings. The van der Waals surface area contributed by atoms with Crippen LogP contribution >= 0.6 is 0 Å². The molecular formula is C41H59N6O5+. The molecule has 0 aliphatic rings. The molecule has 0 aliphatic carbocycles. The summed E-state index contributed by atoms with van der Waals surface area (Å²) in [6, 6.07) is 16.3. The fourth-order valence-corrected chi connectivity index (χ4v) is 6.12. The number of aryl methyl sites for hydroxylation is 2. The van der Waals surface area contributed by atoms with Gasteiger partial charge in [-0.1, -0.05) is 83.9 Å². The predicted octanol–water partition coefficient (Wildman–Crippen LogP) is 4.50. The van der Waals surface area contributed by atoms with Crippen LogP contribution in [0, 0.1) is 11.8 Å². The van der Waals surface area contributed by atoms with E-state index >= 15 is 0 Å². The van der Waals surface area contributed by atoms with Gasteiger partial charge in [0, 0.05) is 18.3 Å². The maximum Gasteiger partial charge on any atom is 0.252 e. The number of amides is 4. The molecule has 0 bridgehead atoms. The van der Waals surface area contributed by atoms with Crippen LogP contribution in [0.25, 0.3) is 0 Å². The molecule has 6 atom stereocenters. The van der Waals surface area contributed by atoms with Gasteiger partial charge in [0.25, 0.3) is 5.91 Å². The average molecular weight is 716 g/mol. The first kappa shape index (κ1) is 41.8. The van der Waals surface area contributed by atoms with E-state index < -0.39 is 36.0 Å². The molecule has 0 saturated heterocycles. The molecule has 5 N–H and O–H groups in total. The van der Waals surface area contributed by atoms with E-state index in [2.05, 4.69) is 38.4 Å². The number of carbonyl (C=O) groups excluding carboxylic acids is 4. The molecule has 0 aliphatic heterocycles. The van der Waals surface area contributed by atoms with Crippen LogP contribution in [0.2, 0.25) is 0 Å². The van der Waals surface area contributed by atoms with Crippen molar-refractivity contribution in [2.45, 2.75) is 116 Å². The highest BCUT2D eigenvalue weighted by Crippen LogP contribution is 2.20. The molecule has 1 aromatic carbocycles. The van der Waals surface area contributed by atoms with Gasteiger partial charge in [0.1, 0.15) is 19.1 Å². The van der Waals surface area contributed by atoms with Gasteiger partial charge in [0.2, 0.25) is 17.7 Å². The Bertz CT molecular complexity index is 1540. The van der Waals surface area contributed by atoms with Gasteiger partial charge in [-0.2, -0.15) is 0 Å². The van der Waals surface area contributed by atoms with Crippen LogP contribution in [0.5, 0.6) is 0 Å². The maximum atomic E-state index is 13.8. The van der Waals surface area contributed by atoms with Crippen LogP contribution < -0.4 is 25.8 Å². The summed E-state index contributed by atoms with van der Waals surface area (Å²) in [5.41, 5.74) is 2.39. The van der Waals surface area contributed by atoms with Gasteiger partial charge < -0.3 is 26.4 Å². The number of hydrogen-bond acceptors (Lipinski definition) is 6. The Balaban J connectivity index is 1.68. The Morgan fingerprint density at radius 2 is 1.52 bits per heavy atom. The summed E-state index contributed by atoms with van der Waals surface area (Å²) in [6.45, 7) is 9.69. The number of aliphatic hydroxyl groups is 1. The maximum absolute atomic E-state index is 13.8. The number of aromatic nitrogens is 2. The minimum absolute atomic E-state index is 0.103. The van der Waals surface area contributed by atoms with Crippen LogP contribution in [-0.4, -0.2) is 57.9 Å². The Morgan fingerprint density at radius 1 is 0.827 bits per heavy atom. The molecule has 2 heterocycles. The standard InChI is InChI=1S/C41H58N6O5/c1-7-15-34(44-41(52)38(29(5)8-2)46-39(50)31-21-24-47(6)25-22-31)40(51)45-35(26-28(3)4)36(48)27-37(49)43-33(32-19-12-13-23-42-32)20-14-18-30-16-10-9-11-17-30/h9-13,16-17,19,21-25,28-29,33-36,38,48H,7-8,14-15,18,20,26-27H2,1-6H3,(H3-,43,44,45,46,49,50,51,52)/p+1/t29-,33?,34-,35-,36-,38-/m0/s1. The number of aliphatic hydroxyl groups excluding tert-OH is 1. The Kier molecular flexibility index (Phi) is 17.4. The number of nitrogens with one attached hydrogen (secondary N) is 4. The Hall–Kier alpha value is -4.64. The largest absolute Gasteiger partial charge is 0.390 e. The van der Waals surface area contributed by atoms with Crippen LogP contribution in [0.15, 0.2) is 79.3 Å². The summed E-state index contributed by atoms with van der Waals surface area (Å²) in [5, 5.41) is 23.1. The first-order valence-electron chi connectivity index (χ1n) is 18.7. The third-order valence-electron chi connectivity index (χ3n) is 9.33. The number of pyridine rings is 2. The smallest absolute Gasteiger partial charge is 0.252 e. The summed E-state index contributed by atoms with van der Waals surface area (Å²) in [7, 11) is 1.85. The Morgan fingerprint density at radius 3 is 2.13 bits per heavy atom. The van der Waals surface area contributed by atoms with Crippen molar-refractivity contribution in [2.75, 3.05) is 0 Å². The third-order valence-corrected chi connectivity index (χ3v) is 9.33. The first-order valence-corrected chi connectivity index (χ1v) is 18.7. The first-order chi connectivity index (χ1) is 24.9. The normalized spacial score (nSPS) is 14.7. The summed E-state index contributed by atoms with van der Waals surface area (Å²) < 4.78 is 1.81. The molecule has 2 aromatic heterocycles. The highest BCUT2D eigenvalue weighted by atomic mass is 16.3. The lowest BCUT2D eigenvalue weighted by atomic mass is 9.95. The van der Waals surface area contributed by atoms with E-state index in [-0.39, 0.29) is 36.1 Å². The third kappa shape index (κ3) is 13.8. The molecule has 11 heteroatoms. The van der Waals surface area contributed by atoms with Crippen molar-refractivity contribution in [3.8, 4) is 0 Å². The van der Waals surface area contributed by atoms with Gasteiger partial charge in [-0.05, 0) is 61.6 Å². The van der Waals surface area contributed by atoms with E-state index in [1.807, 2.05) is 82.6 Å². The van der Waals surface area contributed by atoms with Crippen LogP contribution in [0.3, 0.4) is 0 Å². The van der Waals surface area contributed by atoms with Crippen molar-refractivity contribution in [3.63, 3.8) is 0 Å². The quantitative estimate of drug-likeness (QED) is 0.103. The van der Waals surface area contributed by atoms with E-state index in [0.717, 1.165) is 18.5 Å². The molecule has 11 nitrogen and oxygen atoms in total. The fraction of sp³-hybridized carbons (Fsp3) is 0.512. The summed E-state index contributed by atoms with van der Waals surface area (Å²) in [6.07, 6.45) is 8.20. The lowest BCUT2D eigenvalue weighted by Crippen LogP contribution is -2.57. The lowest BCUT2D eigenvalue weighted by molar-refractivity contribution is -0.671. The number of rotatable bonds is 21. The zero-order valence-corrected chi connectivity index (χ0v) is 31.7. The molecule has 1 unspecified atom stereocenters. The minimum Gasteiger partial charge on any atom is -0.390 e. The minimum atomic E-state index is -1.17. The monoisotopic (exact) mass is 715 g/mol. The molecule has 0 saturated carbocycles. The van der Waals surface area contributed by atoms with Crippen molar-refractivity contribution < 1.29 is 28.9 Å². The van der Waals surface area contributed by atoms with Gasteiger partial charge in [0.15, 0.2) is 12.4 Å². The molecule has 4 amide bonds. The van der Waals surface area contributed by atoms with E-state index in [1.165, 1.54) is 5.56 Å². The van der Waals surface area contributed by atoms with Crippen LogP contribution in [0.4, 0.5) is 0 Å². The molecule has 3 aromatic rings. The fourth-order valence-electron chi connectivity index (χ4n) is 6.12. The second kappa shape index (κ2) is 21.7. The number of hydrogen-bond donors (Lipinski definition) is 5. The summed E-state index contributed by atoms with van der Waals surface area (Å²) in [4.78, 5) is 58.3. The zero-order chi connectivity index (χ0) is 38.0. The lowest BCUT2D eigenvalue weighted by Gasteiger charge is -2.30. The summed E-state index contributed by atoms with van der Waals surface area (Å²) in [5.74, 6) is -1.72. The van der Waals surface area contributed by atoms with Crippen LogP contribution in [-0.2, 0) is 27.9 Å². The van der Waals surface area contributed by atoms with Gasteiger partial charge in [-0.25, -0.2) is 4.57 Å². The highest BCUT2D eigenvalue weighted by Gasteiger charge is 2.32. The average Bonchev–Trinajstić information content (AvgIpc) is 3.13. The predicted molar refractivity (Wildman–Crippen MR) is 202 cm³/mol. The SMILES string of the molecule is CCC[C@H](NC(=O)[C@@H](NC(=O)c1cc[n+](C)cc1)[C@@H](C)CC)C(=O)N[C@@H](CC(C)C)[C@@H](O)CC(=O)NC(CCCc1ccccc1)c1ccccn1. The van der Waals surface area contributed by atoms with Crippen molar-refractivity contribution in [2.24, 2.45) is 18.9 Å². The molecule has 0 radical (unpaired) electrons. The number of carbonyl (C=O) groups is 4. The van der Waals surface area contributed by atoms with Crippen LogP contribution in [0.1, 0.15) is 107 Å². The number of nitrogens with zero attached hydrogens (tertiary/aromatic N) is 2. The second-order valence-electron chi connectivity index (χ2n) is 14.2. The number of benzene rings is 1. The van der Waals surface area contributed by atoms with E-state index in [9.17, 15) is 24.3 Å². The van der Waals surface area contributed by atoms with E-state index in [4.69, 9.17) is 0 Å². The zero-order valence-electron chi connectivity index (χ0n) is 31.7. The Labute approximate surface area is 309 Å². The molecule has 0 spiro atoms. The van der Waals surface area contributed by atoms with Crippen molar-refractivity contribution in [1.82, 2.24) is 26.3 Å². The molecule has 3 rings (SSSR count). The van der Waals surface area contributed by atoms with Crippen molar-refractivity contribution >= 4 is 23.6 Å². The second-order valence-corrected chi connectivity index (χ2v) is 14.2. The van der Waals surface area contributed by atoms with Crippen molar-refractivity contribution in [1.29, 1.82) is 0 Å². The molecule has 52 heavy (non-hydrogen) atoms. The van der Waals surface area contributed by atoms with E-state index in [0.29, 0.717) is 37.7 Å². The van der Waals surface area contributed by atoms with Gasteiger partial charge >= 0.3 is 0 Å². The van der Waals surface area contributed by atoms with E-state index in [1.54, 1.807) is 30.7 Å². The van der Waals surface area contributed by atoms with Gasteiger partial charge in [-0.3, -0.25) is 24.2 Å². The highest BCUT2D eigenvalue weighted by molar-refractivity contribution is 5.98. The molecular weight excluding hydrogens is 656 g/mol. The summed E-state index contributed by atoms with van der Waals surface area (Å²) >= 11 is 0. The topological polar surface area (TPSA) is 153 Å².